The van der Waals surface area contributed by atoms with Crippen LogP contribution in [-0.2, 0) is 0 Å². The zero-order chi connectivity index (χ0) is 13.7. The summed E-state index contributed by atoms with van der Waals surface area (Å²) in [5.74, 6) is 0.535. The lowest BCUT2D eigenvalue weighted by molar-refractivity contribution is 0.535. The first kappa shape index (κ1) is 13.8. The van der Waals surface area contributed by atoms with Crippen LogP contribution in [0.15, 0.2) is 54.6 Å². The van der Waals surface area contributed by atoms with Crippen LogP contribution in [0.3, 0.4) is 0 Å². The lowest BCUT2D eigenvalue weighted by Gasteiger charge is -2.20. The molecule has 1 heteroatoms. The maximum atomic E-state index is 3.64. The Hall–Kier alpha value is -1.60. The summed E-state index contributed by atoms with van der Waals surface area (Å²) in [4.78, 5) is 0. The summed E-state index contributed by atoms with van der Waals surface area (Å²) in [7, 11) is 0. The van der Waals surface area contributed by atoms with Gasteiger partial charge in [0, 0.05) is 12.6 Å². The molecule has 2 aromatic rings. The van der Waals surface area contributed by atoms with Crippen LogP contribution in [0.4, 0.5) is 0 Å². The molecule has 0 amide bonds. The minimum atomic E-state index is 0.396. The van der Waals surface area contributed by atoms with Gasteiger partial charge in [-0.1, -0.05) is 61.5 Å². The first-order chi connectivity index (χ1) is 9.18. The average molecular weight is 253 g/mol. The SMILES string of the molecule is Cc1ccccc1[C@H](C)NCC(C)c1ccccc1. The fourth-order valence-electron chi connectivity index (χ4n) is 2.44. The van der Waals surface area contributed by atoms with Crippen LogP contribution >= 0.6 is 0 Å². The summed E-state index contributed by atoms with van der Waals surface area (Å²) >= 11 is 0. The summed E-state index contributed by atoms with van der Waals surface area (Å²) in [5, 5.41) is 3.64. The van der Waals surface area contributed by atoms with Gasteiger partial charge in [-0.25, -0.2) is 0 Å². The van der Waals surface area contributed by atoms with Crippen LogP contribution in [0.1, 0.15) is 42.5 Å². The minimum Gasteiger partial charge on any atom is -0.310 e. The van der Waals surface area contributed by atoms with Gasteiger partial charge in [-0.05, 0) is 36.5 Å². The molecule has 2 rings (SSSR count). The molecule has 0 aromatic heterocycles. The zero-order valence-electron chi connectivity index (χ0n) is 12.1. The second-order valence-corrected chi connectivity index (χ2v) is 5.30. The molecule has 100 valence electrons. The van der Waals surface area contributed by atoms with Crippen LogP contribution in [0.5, 0.6) is 0 Å². The molecule has 0 bridgehead atoms. The van der Waals surface area contributed by atoms with E-state index in [0.717, 1.165) is 6.54 Å². The Balaban J connectivity index is 1.94. The van der Waals surface area contributed by atoms with E-state index in [1.54, 1.807) is 0 Å². The summed E-state index contributed by atoms with van der Waals surface area (Å²) < 4.78 is 0. The van der Waals surface area contributed by atoms with Crippen molar-refractivity contribution in [3.05, 3.63) is 71.3 Å². The highest BCUT2D eigenvalue weighted by Gasteiger charge is 2.10. The van der Waals surface area contributed by atoms with Crippen LogP contribution in [0, 0.1) is 6.92 Å². The van der Waals surface area contributed by atoms with Gasteiger partial charge in [0.15, 0.2) is 0 Å². The van der Waals surface area contributed by atoms with Gasteiger partial charge in [0.25, 0.3) is 0 Å². The van der Waals surface area contributed by atoms with Gasteiger partial charge >= 0.3 is 0 Å². The molecule has 1 nitrogen and oxygen atoms in total. The Bertz CT molecular complexity index is 504. The number of nitrogens with one attached hydrogen (secondary N) is 1. The van der Waals surface area contributed by atoms with E-state index in [-0.39, 0.29) is 0 Å². The monoisotopic (exact) mass is 253 g/mol. The predicted molar refractivity (Wildman–Crippen MR) is 82.5 cm³/mol. The molecule has 2 atom stereocenters. The number of benzene rings is 2. The van der Waals surface area contributed by atoms with Crippen molar-refractivity contribution in [2.24, 2.45) is 0 Å². The largest absolute Gasteiger partial charge is 0.310 e. The first-order valence-corrected chi connectivity index (χ1v) is 7.02. The fourth-order valence-corrected chi connectivity index (χ4v) is 2.44. The van der Waals surface area contributed by atoms with Gasteiger partial charge in [0.1, 0.15) is 0 Å². The second kappa shape index (κ2) is 6.53. The number of rotatable bonds is 5. The Morgan fingerprint density at radius 1 is 0.895 bits per heavy atom. The molecule has 0 heterocycles. The van der Waals surface area contributed by atoms with Gasteiger partial charge in [-0.15, -0.1) is 0 Å². The molecule has 0 aliphatic heterocycles. The first-order valence-electron chi connectivity index (χ1n) is 7.02. The molecular formula is C18H23N. The van der Waals surface area contributed by atoms with Crippen molar-refractivity contribution in [2.45, 2.75) is 32.7 Å². The van der Waals surface area contributed by atoms with Gasteiger partial charge in [-0.2, -0.15) is 0 Å². The average Bonchev–Trinajstić information content (AvgIpc) is 2.46. The van der Waals surface area contributed by atoms with Gasteiger partial charge in [-0.3, -0.25) is 0 Å². The lowest BCUT2D eigenvalue weighted by atomic mass is 9.99. The summed E-state index contributed by atoms with van der Waals surface area (Å²) in [5.41, 5.74) is 4.14. The van der Waals surface area contributed by atoms with Crippen molar-refractivity contribution < 1.29 is 0 Å². The van der Waals surface area contributed by atoms with E-state index in [1.165, 1.54) is 16.7 Å². The molecule has 0 saturated carbocycles. The van der Waals surface area contributed by atoms with E-state index in [2.05, 4.69) is 80.7 Å². The molecule has 0 aliphatic rings. The second-order valence-electron chi connectivity index (χ2n) is 5.30. The molecule has 0 radical (unpaired) electrons. The van der Waals surface area contributed by atoms with Gasteiger partial charge < -0.3 is 5.32 Å². The molecule has 2 aromatic carbocycles. The van der Waals surface area contributed by atoms with Crippen molar-refractivity contribution >= 4 is 0 Å². The topological polar surface area (TPSA) is 12.0 Å². The van der Waals surface area contributed by atoms with Crippen LogP contribution < -0.4 is 5.32 Å². The van der Waals surface area contributed by atoms with Crippen LogP contribution in [0.25, 0.3) is 0 Å². The molecule has 1 unspecified atom stereocenters. The Kier molecular flexibility index (Phi) is 4.75. The number of aryl methyl sites for hydroxylation is 1. The Morgan fingerprint density at radius 3 is 2.21 bits per heavy atom. The van der Waals surface area contributed by atoms with E-state index in [4.69, 9.17) is 0 Å². The molecule has 0 saturated heterocycles. The summed E-state index contributed by atoms with van der Waals surface area (Å²) in [6, 6.07) is 19.7. The van der Waals surface area contributed by atoms with Crippen molar-refractivity contribution in [3.63, 3.8) is 0 Å². The highest BCUT2D eigenvalue weighted by molar-refractivity contribution is 5.28. The lowest BCUT2D eigenvalue weighted by Crippen LogP contribution is -2.24. The zero-order valence-corrected chi connectivity index (χ0v) is 12.1. The van der Waals surface area contributed by atoms with E-state index >= 15 is 0 Å². The quantitative estimate of drug-likeness (QED) is 0.830. The Labute approximate surface area is 116 Å². The third-order valence-electron chi connectivity index (χ3n) is 3.75. The smallest absolute Gasteiger partial charge is 0.0294 e. The third kappa shape index (κ3) is 3.68. The molecule has 1 N–H and O–H groups in total. The molecule has 0 spiro atoms. The standard InChI is InChI=1S/C18H23N/c1-14-9-7-8-12-18(14)16(3)19-13-15(2)17-10-5-4-6-11-17/h4-12,15-16,19H,13H2,1-3H3/t15?,16-/m0/s1. The molecular weight excluding hydrogens is 230 g/mol. The van der Waals surface area contributed by atoms with Crippen LogP contribution in [0.2, 0.25) is 0 Å². The van der Waals surface area contributed by atoms with Gasteiger partial charge in [0.2, 0.25) is 0 Å². The van der Waals surface area contributed by atoms with E-state index < -0.39 is 0 Å². The summed E-state index contributed by atoms with van der Waals surface area (Å²) in [6.07, 6.45) is 0. The molecule has 19 heavy (non-hydrogen) atoms. The highest BCUT2D eigenvalue weighted by Crippen LogP contribution is 2.19. The van der Waals surface area contributed by atoms with E-state index in [9.17, 15) is 0 Å². The Morgan fingerprint density at radius 2 is 1.53 bits per heavy atom. The number of hydrogen-bond donors (Lipinski definition) is 1. The maximum Gasteiger partial charge on any atom is 0.0294 e. The predicted octanol–water partition coefficient (Wildman–Crippen LogP) is 4.45. The maximum absolute atomic E-state index is 3.64. The van der Waals surface area contributed by atoms with Crippen molar-refractivity contribution in [1.29, 1.82) is 0 Å². The van der Waals surface area contributed by atoms with E-state index in [1.807, 2.05) is 0 Å². The molecule has 0 fully saturated rings. The third-order valence-corrected chi connectivity index (χ3v) is 3.75. The minimum absolute atomic E-state index is 0.396. The van der Waals surface area contributed by atoms with Crippen LogP contribution in [-0.4, -0.2) is 6.54 Å². The van der Waals surface area contributed by atoms with Crippen molar-refractivity contribution in [2.75, 3.05) is 6.54 Å². The summed E-state index contributed by atoms with van der Waals surface area (Å²) in [6.45, 7) is 7.68. The fraction of sp³-hybridized carbons (Fsp3) is 0.333. The normalized spacial score (nSPS) is 14.1. The van der Waals surface area contributed by atoms with Crippen molar-refractivity contribution in [3.8, 4) is 0 Å². The van der Waals surface area contributed by atoms with Gasteiger partial charge in [0.05, 0.1) is 0 Å². The highest BCUT2D eigenvalue weighted by atomic mass is 14.9. The van der Waals surface area contributed by atoms with E-state index in [0.29, 0.717) is 12.0 Å². The van der Waals surface area contributed by atoms with Crippen molar-refractivity contribution in [1.82, 2.24) is 5.32 Å². The molecule has 0 aliphatic carbocycles. The number of hydrogen-bond acceptors (Lipinski definition) is 1.